The average molecular weight is 242 g/mol. The van der Waals surface area contributed by atoms with E-state index in [1.54, 1.807) is 0 Å². The molecule has 0 atom stereocenters. The molecule has 1 aromatic carbocycles. The molecule has 0 radical (unpaired) electrons. The van der Waals surface area contributed by atoms with Gasteiger partial charge in [0.15, 0.2) is 0 Å². The Morgan fingerprint density at radius 2 is 1.83 bits per heavy atom. The number of benzene rings is 1. The summed E-state index contributed by atoms with van der Waals surface area (Å²) in [5.74, 6) is 1.83. The molecule has 18 heavy (non-hydrogen) atoms. The molecule has 0 spiro atoms. The van der Waals surface area contributed by atoms with Gasteiger partial charge in [0.1, 0.15) is 11.5 Å². The molecule has 0 bridgehead atoms. The summed E-state index contributed by atoms with van der Waals surface area (Å²) in [5, 5.41) is 9.55. The summed E-state index contributed by atoms with van der Waals surface area (Å²) in [7, 11) is 0. The molecule has 0 amide bonds. The zero-order valence-corrected chi connectivity index (χ0v) is 10.6. The molecule has 1 aromatic heterocycles. The SMILES string of the molecule is Cc1ccc(-c2ccc(C3(CO)CCC3)o2)cc1. The summed E-state index contributed by atoms with van der Waals surface area (Å²) >= 11 is 0. The van der Waals surface area contributed by atoms with Gasteiger partial charge in [-0.2, -0.15) is 0 Å². The van der Waals surface area contributed by atoms with Crippen LogP contribution in [-0.4, -0.2) is 11.7 Å². The number of aliphatic hydroxyl groups is 1. The summed E-state index contributed by atoms with van der Waals surface area (Å²) in [5.41, 5.74) is 2.23. The van der Waals surface area contributed by atoms with E-state index < -0.39 is 0 Å². The van der Waals surface area contributed by atoms with Crippen LogP contribution in [0.1, 0.15) is 30.6 Å². The highest BCUT2D eigenvalue weighted by Crippen LogP contribution is 2.44. The number of furan rings is 1. The van der Waals surface area contributed by atoms with E-state index in [0.29, 0.717) is 0 Å². The van der Waals surface area contributed by atoms with Gasteiger partial charge in [0.2, 0.25) is 0 Å². The van der Waals surface area contributed by atoms with Crippen molar-refractivity contribution < 1.29 is 9.52 Å². The minimum Gasteiger partial charge on any atom is -0.460 e. The third-order valence-corrected chi connectivity index (χ3v) is 4.08. The van der Waals surface area contributed by atoms with E-state index in [0.717, 1.165) is 29.9 Å². The Labute approximate surface area is 107 Å². The molecule has 2 nitrogen and oxygen atoms in total. The Kier molecular flexibility index (Phi) is 2.75. The van der Waals surface area contributed by atoms with Gasteiger partial charge in [0.25, 0.3) is 0 Å². The number of hydrogen-bond donors (Lipinski definition) is 1. The van der Waals surface area contributed by atoms with Crippen LogP contribution in [0.2, 0.25) is 0 Å². The highest BCUT2D eigenvalue weighted by molar-refractivity contribution is 5.58. The molecular formula is C16H18O2. The maximum Gasteiger partial charge on any atom is 0.134 e. The zero-order chi connectivity index (χ0) is 12.6. The zero-order valence-electron chi connectivity index (χ0n) is 10.6. The van der Waals surface area contributed by atoms with Crippen LogP contribution in [0, 0.1) is 6.92 Å². The first-order valence-corrected chi connectivity index (χ1v) is 6.52. The van der Waals surface area contributed by atoms with Crippen molar-refractivity contribution in [2.45, 2.75) is 31.6 Å². The molecule has 1 saturated carbocycles. The number of rotatable bonds is 3. The molecule has 0 aliphatic heterocycles. The van der Waals surface area contributed by atoms with Crippen molar-refractivity contribution >= 4 is 0 Å². The van der Waals surface area contributed by atoms with Crippen molar-refractivity contribution in [1.82, 2.24) is 0 Å². The highest BCUT2D eigenvalue weighted by Gasteiger charge is 2.40. The maximum atomic E-state index is 9.55. The fourth-order valence-corrected chi connectivity index (χ4v) is 2.58. The first-order chi connectivity index (χ1) is 8.73. The van der Waals surface area contributed by atoms with Gasteiger partial charge >= 0.3 is 0 Å². The smallest absolute Gasteiger partial charge is 0.134 e. The monoisotopic (exact) mass is 242 g/mol. The van der Waals surface area contributed by atoms with Crippen molar-refractivity contribution in [3.63, 3.8) is 0 Å². The van der Waals surface area contributed by atoms with E-state index in [-0.39, 0.29) is 12.0 Å². The first kappa shape index (κ1) is 11.5. The lowest BCUT2D eigenvalue weighted by Gasteiger charge is -2.38. The fourth-order valence-electron chi connectivity index (χ4n) is 2.58. The molecule has 3 rings (SSSR count). The van der Waals surface area contributed by atoms with Crippen molar-refractivity contribution in [2.24, 2.45) is 0 Å². The van der Waals surface area contributed by atoms with Gasteiger partial charge in [0, 0.05) is 5.56 Å². The Morgan fingerprint density at radius 3 is 2.39 bits per heavy atom. The van der Waals surface area contributed by atoms with Crippen LogP contribution in [0.5, 0.6) is 0 Å². The molecule has 1 aliphatic carbocycles. The predicted molar refractivity (Wildman–Crippen MR) is 71.5 cm³/mol. The van der Waals surface area contributed by atoms with Gasteiger partial charge in [-0.05, 0) is 31.9 Å². The highest BCUT2D eigenvalue weighted by atomic mass is 16.3. The molecule has 2 heteroatoms. The Balaban J connectivity index is 1.91. The van der Waals surface area contributed by atoms with Crippen LogP contribution in [0.4, 0.5) is 0 Å². The quantitative estimate of drug-likeness (QED) is 0.890. The number of aryl methyl sites for hydroxylation is 1. The van der Waals surface area contributed by atoms with Crippen LogP contribution in [0.3, 0.4) is 0 Å². The largest absolute Gasteiger partial charge is 0.460 e. The standard InChI is InChI=1S/C16H18O2/c1-12-3-5-13(6-4-12)14-7-8-15(18-14)16(11-17)9-2-10-16/h3-8,17H,2,9-11H2,1H3. The molecule has 1 aliphatic rings. The Bertz CT molecular complexity index is 527. The fraction of sp³-hybridized carbons (Fsp3) is 0.375. The summed E-state index contributed by atoms with van der Waals surface area (Å²) in [6, 6.07) is 12.3. The Morgan fingerprint density at radius 1 is 1.11 bits per heavy atom. The van der Waals surface area contributed by atoms with E-state index in [4.69, 9.17) is 4.42 Å². The molecule has 1 heterocycles. The third kappa shape index (κ3) is 1.77. The normalized spacial score (nSPS) is 17.4. The van der Waals surface area contributed by atoms with Crippen molar-refractivity contribution in [2.75, 3.05) is 6.61 Å². The van der Waals surface area contributed by atoms with Crippen molar-refractivity contribution in [3.8, 4) is 11.3 Å². The number of hydrogen-bond acceptors (Lipinski definition) is 2. The van der Waals surface area contributed by atoms with Gasteiger partial charge in [-0.15, -0.1) is 0 Å². The summed E-state index contributed by atoms with van der Waals surface area (Å²) in [6.07, 6.45) is 3.25. The third-order valence-electron chi connectivity index (χ3n) is 4.08. The van der Waals surface area contributed by atoms with E-state index in [9.17, 15) is 5.11 Å². The van der Waals surface area contributed by atoms with Gasteiger partial charge in [-0.25, -0.2) is 0 Å². The van der Waals surface area contributed by atoms with Crippen LogP contribution >= 0.6 is 0 Å². The van der Waals surface area contributed by atoms with E-state index >= 15 is 0 Å². The van der Waals surface area contributed by atoms with Crippen molar-refractivity contribution in [1.29, 1.82) is 0 Å². The summed E-state index contributed by atoms with van der Waals surface area (Å²) in [4.78, 5) is 0. The van der Waals surface area contributed by atoms with Crippen LogP contribution in [-0.2, 0) is 5.41 Å². The predicted octanol–water partition coefficient (Wildman–Crippen LogP) is 3.67. The second-order valence-corrected chi connectivity index (χ2v) is 5.32. The average Bonchev–Trinajstić information content (AvgIpc) is 2.79. The lowest BCUT2D eigenvalue weighted by molar-refractivity contribution is 0.0993. The van der Waals surface area contributed by atoms with E-state index in [2.05, 4.69) is 31.2 Å². The van der Waals surface area contributed by atoms with Gasteiger partial charge in [-0.3, -0.25) is 0 Å². The summed E-state index contributed by atoms with van der Waals surface area (Å²) in [6.45, 7) is 2.26. The molecule has 94 valence electrons. The first-order valence-electron chi connectivity index (χ1n) is 6.52. The van der Waals surface area contributed by atoms with Crippen LogP contribution in [0.25, 0.3) is 11.3 Å². The number of aliphatic hydroxyl groups excluding tert-OH is 1. The minimum atomic E-state index is -0.108. The minimum absolute atomic E-state index is 0.108. The molecule has 2 aromatic rings. The molecule has 1 N–H and O–H groups in total. The van der Waals surface area contributed by atoms with E-state index in [1.165, 1.54) is 12.0 Å². The van der Waals surface area contributed by atoms with Crippen LogP contribution < -0.4 is 0 Å². The maximum absolute atomic E-state index is 9.55. The topological polar surface area (TPSA) is 33.4 Å². The Hall–Kier alpha value is -1.54. The molecular weight excluding hydrogens is 224 g/mol. The summed E-state index contributed by atoms with van der Waals surface area (Å²) < 4.78 is 5.95. The van der Waals surface area contributed by atoms with Crippen LogP contribution in [0.15, 0.2) is 40.8 Å². The molecule has 1 fully saturated rings. The van der Waals surface area contributed by atoms with Gasteiger partial charge in [-0.1, -0.05) is 36.2 Å². The second kappa shape index (κ2) is 4.29. The molecule has 0 saturated heterocycles. The lowest BCUT2D eigenvalue weighted by atomic mass is 9.68. The lowest BCUT2D eigenvalue weighted by Crippen LogP contribution is -2.37. The van der Waals surface area contributed by atoms with Gasteiger partial charge in [0.05, 0.1) is 12.0 Å². The van der Waals surface area contributed by atoms with Gasteiger partial charge < -0.3 is 9.52 Å². The second-order valence-electron chi connectivity index (χ2n) is 5.32. The molecule has 0 unspecified atom stereocenters. The van der Waals surface area contributed by atoms with E-state index in [1.807, 2.05) is 12.1 Å². The van der Waals surface area contributed by atoms with Crippen molar-refractivity contribution in [3.05, 3.63) is 47.7 Å².